The van der Waals surface area contributed by atoms with Gasteiger partial charge in [0, 0.05) is 38.4 Å². The molecule has 1 saturated heterocycles. The lowest BCUT2D eigenvalue weighted by atomic mass is 10.1. The first kappa shape index (κ1) is 23.9. The lowest BCUT2D eigenvalue weighted by Crippen LogP contribution is -2.44. The fraction of sp³-hybridized carbons (Fsp3) is 0.500. The van der Waals surface area contributed by atoms with Crippen molar-refractivity contribution >= 4 is 11.8 Å². The number of carbonyl (C=O) groups excluding carboxylic acids is 2. The molecule has 0 aromatic carbocycles. The van der Waals surface area contributed by atoms with Crippen molar-refractivity contribution in [2.45, 2.75) is 52.0 Å². The first-order chi connectivity index (χ1) is 17.4. The van der Waals surface area contributed by atoms with Gasteiger partial charge in [0.15, 0.2) is 11.4 Å². The Morgan fingerprint density at radius 3 is 2.94 bits per heavy atom. The van der Waals surface area contributed by atoms with Gasteiger partial charge in [-0.15, -0.1) is 5.10 Å². The van der Waals surface area contributed by atoms with Crippen molar-refractivity contribution < 1.29 is 19.1 Å². The average Bonchev–Trinajstić information content (AvgIpc) is 3.54. The summed E-state index contributed by atoms with van der Waals surface area (Å²) >= 11 is 0. The second kappa shape index (κ2) is 10.1. The number of hydrogen-bond acceptors (Lipinski definition) is 8. The summed E-state index contributed by atoms with van der Waals surface area (Å²) in [5.41, 5.74) is 3.96. The maximum Gasteiger partial charge on any atom is 0.274 e. The van der Waals surface area contributed by atoms with Crippen LogP contribution in [0.3, 0.4) is 0 Å². The van der Waals surface area contributed by atoms with E-state index in [2.05, 4.69) is 25.7 Å². The quantitative estimate of drug-likeness (QED) is 0.560. The monoisotopic (exact) mass is 494 g/mol. The number of fused-ring (bicyclic) bond motifs is 4. The number of aryl methyl sites for hydroxylation is 2. The molecule has 0 aliphatic carbocycles. The van der Waals surface area contributed by atoms with Gasteiger partial charge >= 0.3 is 0 Å². The van der Waals surface area contributed by atoms with Crippen LogP contribution in [0.1, 0.15) is 39.6 Å². The molecule has 2 bridgehead atoms. The number of nitrogens with zero attached hydrogens (tertiary/aromatic N) is 7. The van der Waals surface area contributed by atoms with E-state index in [4.69, 9.17) is 9.47 Å². The van der Waals surface area contributed by atoms with Crippen LogP contribution in [-0.4, -0.2) is 78.3 Å². The summed E-state index contributed by atoms with van der Waals surface area (Å²) in [6.07, 6.45) is 3.92. The largest absolute Gasteiger partial charge is 0.489 e. The predicted octanol–water partition coefficient (Wildman–Crippen LogP) is 0.575. The maximum absolute atomic E-state index is 13.2. The van der Waals surface area contributed by atoms with E-state index >= 15 is 0 Å². The first-order valence-corrected chi connectivity index (χ1v) is 12.0. The second-order valence-electron chi connectivity index (χ2n) is 9.17. The SMILES string of the molecule is Cc1nn(C)c(C)c1CCC(=O)N1C[C@@H]2NC(=O)c3ncccc3OCCn3cc(nn3)CO[C@H]2C1. The van der Waals surface area contributed by atoms with Crippen molar-refractivity contribution in [3.63, 3.8) is 0 Å². The summed E-state index contributed by atoms with van der Waals surface area (Å²) in [5.74, 6) is 0.0285. The summed E-state index contributed by atoms with van der Waals surface area (Å²) in [4.78, 5) is 32.3. The number of likely N-dealkylation sites (tertiary alicyclic amines) is 1. The molecule has 1 fully saturated rings. The van der Waals surface area contributed by atoms with Crippen molar-refractivity contribution in [3.05, 3.63) is 52.9 Å². The van der Waals surface area contributed by atoms with Gasteiger partial charge in [-0.3, -0.25) is 14.3 Å². The maximum atomic E-state index is 13.2. The number of carbonyl (C=O) groups is 2. The molecule has 2 amide bonds. The van der Waals surface area contributed by atoms with Crippen LogP contribution in [0.15, 0.2) is 24.5 Å². The molecule has 1 N–H and O–H groups in total. The number of hydrogen-bond donors (Lipinski definition) is 1. The predicted molar refractivity (Wildman–Crippen MR) is 127 cm³/mol. The molecule has 0 radical (unpaired) electrons. The summed E-state index contributed by atoms with van der Waals surface area (Å²) < 4.78 is 15.5. The van der Waals surface area contributed by atoms with Gasteiger partial charge in [-0.05, 0) is 38.0 Å². The lowest BCUT2D eigenvalue weighted by molar-refractivity contribution is -0.130. The minimum Gasteiger partial charge on any atom is -0.489 e. The van der Waals surface area contributed by atoms with Crippen LogP contribution in [0.25, 0.3) is 0 Å². The van der Waals surface area contributed by atoms with Crippen LogP contribution in [-0.2, 0) is 36.2 Å². The van der Waals surface area contributed by atoms with Crippen molar-refractivity contribution in [3.8, 4) is 5.75 Å². The van der Waals surface area contributed by atoms with Crippen LogP contribution in [0.2, 0.25) is 0 Å². The Morgan fingerprint density at radius 2 is 2.14 bits per heavy atom. The molecule has 12 heteroatoms. The molecule has 3 aromatic rings. The van der Waals surface area contributed by atoms with Gasteiger partial charge in [-0.2, -0.15) is 5.10 Å². The summed E-state index contributed by atoms with van der Waals surface area (Å²) in [6, 6.07) is 3.02. The molecule has 0 saturated carbocycles. The van der Waals surface area contributed by atoms with Gasteiger partial charge in [0.25, 0.3) is 5.91 Å². The van der Waals surface area contributed by atoms with Crippen LogP contribution in [0, 0.1) is 13.8 Å². The molecule has 36 heavy (non-hydrogen) atoms. The van der Waals surface area contributed by atoms with Crippen LogP contribution >= 0.6 is 0 Å². The number of rotatable bonds is 3. The number of aromatic nitrogens is 6. The Labute approximate surface area is 208 Å². The molecular formula is C24H30N8O4. The third kappa shape index (κ3) is 4.94. The highest BCUT2D eigenvalue weighted by Gasteiger charge is 2.37. The third-order valence-electron chi connectivity index (χ3n) is 6.78. The first-order valence-electron chi connectivity index (χ1n) is 12.0. The topological polar surface area (TPSA) is 129 Å². The number of nitrogens with one attached hydrogen (secondary N) is 1. The minimum absolute atomic E-state index is 0.00808. The Hall–Kier alpha value is -3.80. The highest BCUT2D eigenvalue weighted by atomic mass is 16.5. The van der Waals surface area contributed by atoms with Gasteiger partial charge in [0.1, 0.15) is 12.3 Å². The Bertz CT molecular complexity index is 1270. The molecule has 5 rings (SSSR count). The van der Waals surface area contributed by atoms with Gasteiger partial charge in [0.05, 0.1) is 37.2 Å². The number of amides is 2. The Balaban J connectivity index is 1.33. The highest BCUT2D eigenvalue weighted by Crippen LogP contribution is 2.21. The van der Waals surface area contributed by atoms with E-state index in [-0.39, 0.29) is 24.1 Å². The van der Waals surface area contributed by atoms with Crippen LogP contribution in [0.4, 0.5) is 0 Å². The molecular weight excluding hydrogens is 464 g/mol. The van der Waals surface area contributed by atoms with E-state index in [1.165, 1.54) is 0 Å². The molecule has 12 nitrogen and oxygen atoms in total. The molecule has 0 unspecified atom stereocenters. The van der Waals surface area contributed by atoms with E-state index in [0.29, 0.717) is 50.5 Å². The van der Waals surface area contributed by atoms with Crippen LogP contribution < -0.4 is 10.1 Å². The third-order valence-corrected chi connectivity index (χ3v) is 6.78. The summed E-state index contributed by atoms with van der Waals surface area (Å²) in [5, 5.41) is 15.7. The van der Waals surface area contributed by atoms with Crippen molar-refractivity contribution in [1.82, 2.24) is 40.0 Å². The van der Waals surface area contributed by atoms with Crippen molar-refractivity contribution in [1.29, 1.82) is 0 Å². The van der Waals surface area contributed by atoms with Crippen LogP contribution in [0.5, 0.6) is 5.75 Å². The Morgan fingerprint density at radius 1 is 1.28 bits per heavy atom. The smallest absolute Gasteiger partial charge is 0.274 e. The zero-order valence-corrected chi connectivity index (χ0v) is 20.7. The van der Waals surface area contributed by atoms with Gasteiger partial charge in [-0.1, -0.05) is 5.21 Å². The van der Waals surface area contributed by atoms with Gasteiger partial charge in [0.2, 0.25) is 5.91 Å². The molecule has 3 aromatic heterocycles. The van der Waals surface area contributed by atoms with E-state index in [1.54, 1.807) is 27.9 Å². The van der Waals surface area contributed by atoms with E-state index in [9.17, 15) is 9.59 Å². The minimum atomic E-state index is -0.406. The van der Waals surface area contributed by atoms with Gasteiger partial charge in [-0.25, -0.2) is 9.67 Å². The van der Waals surface area contributed by atoms with E-state index < -0.39 is 12.1 Å². The van der Waals surface area contributed by atoms with Crippen molar-refractivity contribution in [2.75, 3.05) is 19.7 Å². The van der Waals surface area contributed by atoms with E-state index in [0.717, 1.165) is 17.0 Å². The molecule has 2 aliphatic rings. The van der Waals surface area contributed by atoms with Gasteiger partial charge < -0.3 is 19.7 Å². The standard InChI is InChI=1S/C24H30N8O4/c1-15-18(16(2)30(3)28-15)6-7-22(33)31-12-19-21(13-31)36-14-17-11-32(29-27-17)9-10-35-20-5-4-8-25-23(20)24(34)26-19/h4-5,8,11,19,21H,6-7,9-10,12-14H2,1-3H3,(H,26,34)/t19-,21-/m0/s1. The zero-order valence-electron chi connectivity index (χ0n) is 20.7. The molecule has 190 valence electrons. The molecule has 2 aliphatic heterocycles. The second-order valence-corrected chi connectivity index (χ2v) is 9.17. The normalized spacial score (nSPS) is 20.2. The number of pyridine rings is 1. The molecule has 0 spiro atoms. The molecule has 2 atom stereocenters. The summed E-state index contributed by atoms with van der Waals surface area (Å²) in [6.45, 7) is 5.68. The average molecular weight is 495 g/mol. The zero-order chi connectivity index (χ0) is 25.2. The lowest BCUT2D eigenvalue weighted by Gasteiger charge is -2.20. The van der Waals surface area contributed by atoms with Crippen molar-refractivity contribution in [2.24, 2.45) is 7.05 Å². The Kier molecular flexibility index (Phi) is 6.68. The highest BCUT2D eigenvalue weighted by molar-refractivity contribution is 5.95. The summed E-state index contributed by atoms with van der Waals surface area (Å²) in [7, 11) is 1.90. The number of ether oxygens (including phenoxy) is 2. The fourth-order valence-corrected chi connectivity index (χ4v) is 4.72. The van der Waals surface area contributed by atoms with E-state index in [1.807, 2.05) is 31.8 Å². The molecule has 5 heterocycles. The fourth-order valence-electron chi connectivity index (χ4n) is 4.72.